The van der Waals surface area contributed by atoms with Gasteiger partial charge in [-0.25, -0.2) is 4.79 Å². The number of carbonyl (C=O) groups excluding carboxylic acids is 2. The first-order valence-corrected chi connectivity index (χ1v) is 9.65. The molecule has 1 aliphatic heterocycles. The molecule has 10 heteroatoms. The fraction of sp³-hybridized carbons (Fsp3) is 0.286. The smallest absolute Gasteiger partial charge is 0.347 e. The predicted molar refractivity (Wildman–Crippen MR) is 113 cm³/mol. The van der Waals surface area contributed by atoms with Crippen molar-refractivity contribution in [2.45, 2.75) is 20.0 Å². The van der Waals surface area contributed by atoms with Gasteiger partial charge < -0.3 is 29.1 Å². The average Bonchev–Trinajstić information content (AvgIpc) is 3.21. The average molecular weight is 449 g/mol. The highest BCUT2D eigenvalue weighted by Gasteiger charge is 2.20. The summed E-state index contributed by atoms with van der Waals surface area (Å²) in [5.74, 6) is 0.399. The Labute approximate surface area is 183 Å². The zero-order valence-electron chi connectivity index (χ0n) is 17.1. The number of oxime groups is 1. The molecule has 0 saturated heterocycles. The van der Waals surface area contributed by atoms with Crippen molar-refractivity contribution in [3.05, 3.63) is 47.0 Å². The lowest BCUT2D eigenvalue weighted by Gasteiger charge is -2.15. The van der Waals surface area contributed by atoms with Crippen molar-refractivity contribution in [1.29, 1.82) is 0 Å². The van der Waals surface area contributed by atoms with E-state index in [2.05, 4.69) is 10.5 Å². The van der Waals surface area contributed by atoms with E-state index in [1.807, 2.05) is 0 Å². The van der Waals surface area contributed by atoms with E-state index in [-0.39, 0.29) is 6.79 Å². The van der Waals surface area contributed by atoms with Gasteiger partial charge in [-0.15, -0.1) is 0 Å². The molecular formula is C21H21ClN2O7. The lowest BCUT2D eigenvalue weighted by molar-refractivity contribution is -0.157. The Kier molecular flexibility index (Phi) is 7.19. The van der Waals surface area contributed by atoms with E-state index in [1.54, 1.807) is 37.3 Å². The van der Waals surface area contributed by atoms with Gasteiger partial charge in [-0.1, -0.05) is 16.8 Å². The number of methoxy groups -OCH3 is 1. The van der Waals surface area contributed by atoms with Gasteiger partial charge in [0.15, 0.2) is 17.6 Å². The summed E-state index contributed by atoms with van der Waals surface area (Å²) < 4.78 is 20.8. The molecule has 0 radical (unpaired) electrons. The van der Waals surface area contributed by atoms with Crippen LogP contribution in [0.2, 0.25) is 5.02 Å². The number of halogens is 1. The summed E-state index contributed by atoms with van der Waals surface area (Å²) in [6.07, 6.45) is -1.07. The molecule has 1 amide bonds. The number of carbonyl (C=O) groups is 2. The van der Waals surface area contributed by atoms with Crippen LogP contribution >= 0.6 is 11.6 Å². The van der Waals surface area contributed by atoms with E-state index in [0.29, 0.717) is 33.7 Å². The minimum atomic E-state index is -1.07. The van der Waals surface area contributed by atoms with E-state index < -0.39 is 24.6 Å². The molecule has 164 valence electrons. The van der Waals surface area contributed by atoms with Gasteiger partial charge in [-0.2, -0.15) is 0 Å². The maximum Gasteiger partial charge on any atom is 0.347 e. The second kappa shape index (κ2) is 10.0. The van der Waals surface area contributed by atoms with Gasteiger partial charge >= 0.3 is 5.97 Å². The Morgan fingerprint density at radius 2 is 1.97 bits per heavy atom. The number of nitrogens with zero attached hydrogens (tertiary/aromatic N) is 1. The second-order valence-corrected chi connectivity index (χ2v) is 6.92. The number of ether oxygens (including phenoxy) is 4. The molecule has 3 rings (SSSR count). The van der Waals surface area contributed by atoms with Crippen molar-refractivity contribution in [2.75, 3.05) is 25.8 Å². The molecule has 1 aliphatic rings. The highest BCUT2D eigenvalue weighted by atomic mass is 35.5. The van der Waals surface area contributed by atoms with Gasteiger partial charge in [0.25, 0.3) is 5.91 Å². The third kappa shape index (κ3) is 5.79. The van der Waals surface area contributed by atoms with Crippen LogP contribution in [0.5, 0.6) is 17.2 Å². The molecule has 0 aliphatic carbocycles. The molecule has 1 atom stereocenters. The number of rotatable bonds is 8. The number of hydrogen-bond acceptors (Lipinski definition) is 8. The fourth-order valence-electron chi connectivity index (χ4n) is 2.65. The van der Waals surface area contributed by atoms with Crippen LogP contribution in [0.4, 0.5) is 5.69 Å². The largest absolute Gasteiger partial charge is 0.495 e. The topological polar surface area (TPSA) is 105 Å². The van der Waals surface area contributed by atoms with Gasteiger partial charge in [0.05, 0.1) is 18.5 Å². The van der Waals surface area contributed by atoms with Crippen LogP contribution in [-0.4, -0.2) is 44.2 Å². The van der Waals surface area contributed by atoms with Crippen LogP contribution in [0.15, 0.2) is 41.6 Å². The maximum absolute atomic E-state index is 12.3. The first-order chi connectivity index (χ1) is 14.9. The van der Waals surface area contributed by atoms with E-state index >= 15 is 0 Å². The molecular weight excluding hydrogens is 428 g/mol. The maximum atomic E-state index is 12.3. The Morgan fingerprint density at radius 1 is 1.19 bits per heavy atom. The van der Waals surface area contributed by atoms with Gasteiger partial charge in [0.1, 0.15) is 5.75 Å². The number of anilines is 1. The second-order valence-electron chi connectivity index (χ2n) is 6.48. The highest BCUT2D eigenvalue weighted by molar-refractivity contribution is 6.31. The zero-order chi connectivity index (χ0) is 22.4. The number of nitrogens with one attached hydrogen (secondary N) is 1. The van der Waals surface area contributed by atoms with Crippen molar-refractivity contribution in [3.8, 4) is 17.2 Å². The standard InChI is InChI=1S/C21H21ClN2O7/c1-12(14-4-6-18-19(8-14)29-11-28-18)24-30-10-20(25)31-13(2)21(26)23-16-9-15(22)5-7-17(16)27-3/h4-9,13H,10-11H2,1-3H3,(H,23,26)/b24-12+. The monoisotopic (exact) mass is 448 g/mol. The minimum absolute atomic E-state index is 0.174. The molecule has 0 bridgehead atoms. The first kappa shape index (κ1) is 22.2. The van der Waals surface area contributed by atoms with E-state index in [9.17, 15) is 9.59 Å². The summed E-state index contributed by atoms with van der Waals surface area (Å²) >= 11 is 5.94. The third-order valence-corrected chi connectivity index (χ3v) is 4.51. The molecule has 1 unspecified atom stereocenters. The first-order valence-electron chi connectivity index (χ1n) is 9.28. The Bertz CT molecular complexity index is 1010. The number of hydrogen-bond donors (Lipinski definition) is 1. The molecule has 0 aromatic heterocycles. The molecule has 2 aromatic carbocycles. The van der Waals surface area contributed by atoms with Crippen molar-refractivity contribution in [2.24, 2.45) is 5.16 Å². The Morgan fingerprint density at radius 3 is 2.74 bits per heavy atom. The number of benzene rings is 2. The number of amides is 1. The number of esters is 1. The van der Waals surface area contributed by atoms with Crippen molar-refractivity contribution >= 4 is 34.9 Å². The van der Waals surface area contributed by atoms with Gasteiger partial charge in [-0.3, -0.25) is 4.79 Å². The fourth-order valence-corrected chi connectivity index (χ4v) is 2.83. The van der Waals surface area contributed by atoms with Crippen LogP contribution < -0.4 is 19.5 Å². The van der Waals surface area contributed by atoms with Gasteiger partial charge in [0.2, 0.25) is 13.4 Å². The van der Waals surface area contributed by atoms with Crippen LogP contribution in [0.3, 0.4) is 0 Å². The van der Waals surface area contributed by atoms with E-state index in [1.165, 1.54) is 20.1 Å². The summed E-state index contributed by atoms with van der Waals surface area (Å²) in [5.41, 5.74) is 1.65. The predicted octanol–water partition coefficient (Wildman–Crippen LogP) is 3.39. The lowest BCUT2D eigenvalue weighted by atomic mass is 10.1. The van der Waals surface area contributed by atoms with Crippen LogP contribution in [0.25, 0.3) is 0 Å². The Hall–Kier alpha value is -3.46. The number of fused-ring (bicyclic) bond motifs is 1. The van der Waals surface area contributed by atoms with Crippen LogP contribution in [0, 0.1) is 0 Å². The van der Waals surface area contributed by atoms with Crippen LogP contribution in [0.1, 0.15) is 19.4 Å². The Balaban J connectivity index is 1.49. The molecule has 0 fully saturated rings. The SMILES string of the molecule is COc1ccc(Cl)cc1NC(=O)C(C)OC(=O)CO/N=C(\C)c1ccc2c(c1)OCO2. The molecule has 1 N–H and O–H groups in total. The summed E-state index contributed by atoms with van der Waals surface area (Å²) in [6, 6.07) is 10.1. The third-order valence-electron chi connectivity index (χ3n) is 4.27. The van der Waals surface area contributed by atoms with E-state index in [4.69, 9.17) is 35.4 Å². The summed E-state index contributed by atoms with van der Waals surface area (Å²) in [6.45, 7) is 2.87. The molecule has 0 spiro atoms. The van der Waals surface area contributed by atoms with Crippen molar-refractivity contribution in [1.82, 2.24) is 0 Å². The molecule has 2 aromatic rings. The molecule has 1 heterocycles. The zero-order valence-corrected chi connectivity index (χ0v) is 17.9. The lowest BCUT2D eigenvalue weighted by Crippen LogP contribution is -2.31. The summed E-state index contributed by atoms with van der Waals surface area (Å²) in [7, 11) is 1.46. The van der Waals surface area contributed by atoms with Crippen molar-refractivity contribution < 1.29 is 33.4 Å². The molecule has 9 nitrogen and oxygen atoms in total. The molecule has 0 saturated carbocycles. The van der Waals surface area contributed by atoms with Gasteiger partial charge in [-0.05, 0) is 50.2 Å². The summed E-state index contributed by atoms with van der Waals surface area (Å²) in [5, 5.41) is 6.93. The molecule has 31 heavy (non-hydrogen) atoms. The van der Waals surface area contributed by atoms with Crippen molar-refractivity contribution in [3.63, 3.8) is 0 Å². The quantitative estimate of drug-likeness (QED) is 0.375. The normalized spacial score (nSPS) is 13.4. The van der Waals surface area contributed by atoms with Crippen LogP contribution in [-0.2, 0) is 19.2 Å². The van der Waals surface area contributed by atoms with E-state index in [0.717, 1.165) is 5.56 Å². The van der Waals surface area contributed by atoms with Gasteiger partial charge in [0, 0.05) is 10.6 Å². The highest BCUT2D eigenvalue weighted by Crippen LogP contribution is 2.32. The summed E-state index contributed by atoms with van der Waals surface area (Å²) in [4.78, 5) is 29.3. The minimum Gasteiger partial charge on any atom is -0.495 e.